The quantitative estimate of drug-likeness (QED) is 0.417. The van der Waals surface area contributed by atoms with Gasteiger partial charge in [0.2, 0.25) is 0 Å². The minimum atomic E-state index is -0.382. The Labute approximate surface area is 94.9 Å². The number of rotatable bonds is 6. The minimum Gasteiger partial charge on any atom is -0.460 e. The van der Waals surface area contributed by atoms with E-state index in [4.69, 9.17) is 9.47 Å². The first kappa shape index (κ1) is 12.4. The van der Waals surface area contributed by atoms with E-state index in [2.05, 4.69) is 11.6 Å². The van der Waals surface area contributed by atoms with Gasteiger partial charge in [-0.3, -0.25) is 4.98 Å². The van der Waals surface area contributed by atoms with Gasteiger partial charge in [0, 0.05) is 18.0 Å². The molecule has 0 aliphatic rings. The number of carbonyl (C=O) groups excluding carboxylic acids is 1. The summed E-state index contributed by atoms with van der Waals surface area (Å²) >= 11 is 0. The molecule has 0 aliphatic carbocycles. The lowest BCUT2D eigenvalue weighted by atomic mass is 10.3. The molecule has 0 N–H and O–H groups in total. The molecule has 0 spiro atoms. The van der Waals surface area contributed by atoms with Crippen molar-refractivity contribution in [1.82, 2.24) is 4.98 Å². The SMILES string of the molecule is C=C(C)C(=O)OCCOCc1ccncc1. The summed E-state index contributed by atoms with van der Waals surface area (Å²) in [5.74, 6) is -0.382. The van der Waals surface area contributed by atoms with Crippen LogP contribution in [-0.4, -0.2) is 24.2 Å². The Balaban J connectivity index is 2.09. The molecule has 4 heteroatoms. The lowest BCUT2D eigenvalue weighted by Gasteiger charge is -2.05. The smallest absolute Gasteiger partial charge is 0.333 e. The van der Waals surface area contributed by atoms with Gasteiger partial charge in [-0.25, -0.2) is 4.79 Å². The highest BCUT2D eigenvalue weighted by molar-refractivity contribution is 5.86. The van der Waals surface area contributed by atoms with Gasteiger partial charge in [-0.05, 0) is 24.6 Å². The molecule has 0 amide bonds. The van der Waals surface area contributed by atoms with Gasteiger partial charge < -0.3 is 9.47 Å². The molecule has 1 rings (SSSR count). The summed E-state index contributed by atoms with van der Waals surface area (Å²) in [6.07, 6.45) is 3.42. The number of ether oxygens (including phenoxy) is 2. The first-order chi connectivity index (χ1) is 7.70. The van der Waals surface area contributed by atoms with E-state index in [1.54, 1.807) is 19.3 Å². The van der Waals surface area contributed by atoms with Crippen LogP contribution in [0.2, 0.25) is 0 Å². The maximum Gasteiger partial charge on any atom is 0.333 e. The van der Waals surface area contributed by atoms with E-state index in [-0.39, 0.29) is 12.6 Å². The Kier molecular flexibility index (Phi) is 5.22. The fourth-order valence-electron chi connectivity index (χ4n) is 0.986. The highest BCUT2D eigenvalue weighted by atomic mass is 16.6. The van der Waals surface area contributed by atoms with Crippen LogP contribution in [0.3, 0.4) is 0 Å². The normalized spacial score (nSPS) is 9.81. The summed E-state index contributed by atoms with van der Waals surface area (Å²) in [6, 6.07) is 3.75. The first-order valence-corrected chi connectivity index (χ1v) is 4.99. The van der Waals surface area contributed by atoms with Crippen LogP contribution in [0.5, 0.6) is 0 Å². The van der Waals surface area contributed by atoms with Crippen molar-refractivity contribution in [3.63, 3.8) is 0 Å². The van der Waals surface area contributed by atoms with Crippen LogP contribution >= 0.6 is 0 Å². The van der Waals surface area contributed by atoms with Gasteiger partial charge >= 0.3 is 5.97 Å². The molecule has 1 aromatic rings. The monoisotopic (exact) mass is 221 g/mol. The van der Waals surface area contributed by atoms with E-state index >= 15 is 0 Å². The average molecular weight is 221 g/mol. The van der Waals surface area contributed by atoms with Crippen molar-refractivity contribution < 1.29 is 14.3 Å². The Morgan fingerprint density at radius 2 is 2.06 bits per heavy atom. The molecule has 0 saturated carbocycles. The Morgan fingerprint density at radius 1 is 1.38 bits per heavy atom. The van der Waals surface area contributed by atoms with Crippen LogP contribution in [0.15, 0.2) is 36.7 Å². The number of aromatic nitrogens is 1. The zero-order valence-electron chi connectivity index (χ0n) is 9.31. The van der Waals surface area contributed by atoms with E-state index in [0.717, 1.165) is 5.56 Å². The predicted molar refractivity (Wildman–Crippen MR) is 59.7 cm³/mol. The van der Waals surface area contributed by atoms with Crippen LogP contribution in [-0.2, 0) is 20.9 Å². The summed E-state index contributed by atoms with van der Waals surface area (Å²) in [4.78, 5) is 14.9. The third-order valence-electron chi connectivity index (χ3n) is 1.83. The van der Waals surface area contributed by atoms with Crippen LogP contribution in [0.1, 0.15) is 12.5 Å². The molecule has 4 nitrogen and oxygen atoms in total. The topological polar surface area (TPSA) is 48.4 Å². The van der Waals surface area contributed by atoms with E-state index in [1.165, 1.54) is 0 Å². The molecular formula is C12H15NO3. The van der Waals surface area contributed by atoms with Crippen molar-refractivity contribution in [2.24, 2.45) is 0 Å². The summed E-state index contributed by atoms with van der Waals surface area (Å²) in [5.41, 5.74) is 1.44. The molecule has 0 atom stereocenters. The van der Waals surface area contributed by atoms with Crippen molar-refractivity contribution in [3.05, 3.63) is 42.2 Å². The Bertz CT molecular complexity index is 349. The van der Waals surface area contributed by atoms with E-state index in [1.807, 2.05) is 12.1 Å². The van der Waals surface area contributed by atoms with Crippen LogP contribution in [0.25, 0.3) is 0 Å². The summed E-state index contributed by atoms with van der Waals surface area (Å²) in [5, 5.41) is 0. The molecule has 0 aliphatic heterocycles. The highest BCUT2D eigenvalue weighted by Gasteiger charge is 2.01. The molecule has 0 unspecified atom stereocenters. The van der Waals surface area contributed by atoms with Gasteiger partial charge in [0.1, 0.15) is 6.61 Å². The molecule has 0 bridgehead atoms. The van der Waals surface area contributed by atoms with Gasteiger partial charge in [-0.15, -0.1) is 0 Å². The van der Waals surface area contributed by atoms with Crippen LogP contribution in [0.4, 0.5) is 0 Å². The second-order valence-corrected chi connectivity index (χ2v) is 3.32. The zero-order chi connectivity index (χ0) is 11.8. The number of esters is 1. The van der Waals surface area contributed by atoms with Crippen molar-refractivity contribution in [3.8, 4) is 0 Å². The lowest BCUT2D eigenvalue weighted by Crippen LogP contribution is -2.10. The van der Waals surface area contributed by atoms with E-state index in [0.29, 0.717) is 18.8 Å². The fourth-order valence-corrected chi connectivity index (χ4v) is 0.986. The van der Waals surface area contributed by atoms with Gasteiger partial charge in [-0.2, -0.15) is 0 Å². The van der Waals surface area contributed by atoms with Crippen LogP contribution < -0.4 is 0 Å². The molecule has 0 radical (unpaired) electrons. The third kappa shape index (κ3) is 4.70. The lowest BCUT2D eigenvalue weighted by molar-refractivity contribution is -0.140. The Morgan fingerprint density at radius 3 is 2.69 bits per heavy atom. The maximum absolute atomic E-state index is 11.0. The van der Waals surface area contributed by atoms with Crippen LogP contribution in [0, 0.1) is 0 Å². The molecule has 1 aromatic heterocycles. The summed E-state index contributed by atoms with van der Waals surface area (Å²) < 4.78 is 10.2. The zero-order valence-corrected chi connectivity index (χ0v) is 9.31. The minimum absolute atomic E-state index is 0.247. The highest BCUT2D eigenvalue weighted by Crippen LogP contribution is 1.98. The number of hydrogen-bond donors (Lipinski definition) is 0. The molecule has 1 heterocycles. The summed E-state index contributed by atoms with van der Waals surface area (Å²) in [7, 11) is 0. The third-order valence-corrected chi connectivity index (χ3v) is 1.83. The van der Waals surface area contributed by atoms with Crippen molar-refractivity contribution >= 4 is 5.97 Å². The standard InChI is InChI=1S/C12H15NO3/c1-10(2)12(14)16-8-7-15-9-11-3-5-13-6-4-11/h3-6H,1,7-9H2,2H3. The maximum atomic E-state index is 11.0. The van der Waals surface area contributed by atoms with Gasteiger partial charge in [-0.1, -0.05) is 6.58 Å². The largest absolute Gasteiger partial charge is 0.460 e. The fraction of sp³-hybridized carbons (Fsp3) is 0.333. The number of nitrogens with zero attached hydrogens (tertiary/aromatic N) is 1. The van der Waals surface area contributed by atoms with E-state index in [9.17, 15) is 4.79 Å². The van der Waals surface area contributed by atoms with E-state index < -0.39 is 0 Å². The van der Waals surface area contributed by atoms with Gasteiger partial charge in [0.05, 0.1) is 13.2 Å². The number of carbonyl (C=O) groups is 1. The van der Waals surface area contributed by atoms with Crippen molar-refractivity contribution in [1.29, 1.82) is 0 Å². The second kappa shape index (κ2) is 6.74. The molecule has 16 heavy (non-hydrogen) atoms. The van der Waals surface area contributed by atoms with Crippen molar-refractivity contribution in [2.75, 3.05) is 13.2 Å². The number of hydrogen-bond acceptors (Lipinski definition) is 4. The molecule has 0 aromatic carbocycles. The molecular weight excluding hydrogens is 206 g/mol. The van der Waals surface area contributed by atoms with Gasteiger partial charge in [0.15, 0.2) is 0 Å². The Hall–Kier alpha value is -1.68. The van der Waals surface area contributed by atoms with Crippen molar-refractivity contribution in [2.45, 2.75) is 13.5 Å². The number of pyridine rings is 1. The second-order valence-electron chi connectivity index (χ2n) is 3.32. The van der Waals surface area contributed by atoms with Gasteiger partial charge in [0.25, 0.3) is 0 Å². The predicted octanol–water partition coefficient (Wildman–Crippen LogP) is 1.72. The molecule has 86 valence electrons. The summed E-state index contributed by atoms with van der Waals surface area (Å²) in [6.45, 7) is 6.21. The average Bonchev–Trinajstić information content (AvgIpc) is 2.29. The molecule has 0 saturated heterocycles. The first-order valence-electron chi connectivity index (χ1n) is 4.99. The molecule has 0 fully saturated rings.